The summed E-state index contributed by atoms with van der Waals surface area (Å²) in [4.78, 5) is 0. The number of aliphatic hydroxyl groups is 1. The Morgan fingerprint density at radius 1 is 1.57 bits per heavy atom. The SMILES string of the molecule is Cc1nn(-c2nnc(CO)s2)cc1Cl. The van der Waals surface area contributed by atoms with Gasteiger partial charge in [0.05, 0.1) is 23.5 Å². The molecule has 0 atom stereocenters. The van der Waals surface area contributed by atoms with Gasteiger partial charge in [0, 0.05) is 0 Å². The Hall–Kier alpha value is -0.980. The molecule has 0 aliphatic heterocycles. The molecule has 2 aromatic heterocycles. The second-order valence-corrected chi connectivity index (χ2v) is 4.09. The molecule has 0 radical (unpaired) electrons. The van der Waals surface area contributed by atoms with Gasteiger partial charge in [0.15, 0.2) is 0 Å². The number of hydrogen-bond donors (Lipinski definition) is 1. The summed E-state index contributed by atoms with van der Waals surface area (Å²) in [6, 6.07) is 0. The molecular formula is C7H7ClN4OS. The van der Waals surface area contributed by atoms with Crippen molar-refractivity contribution >= 4 is 22.9 Å². The van der Waals surface area contributed by atoms with Crippen LogP contribution in [0.25, 0.3) is 5.13 Å². The molecule has 14 heavy (non-hydrogen) atoms. The summed E-state index contributed by atoms with van der Waals surface area (Å²) in [6.45, 7) is 1.71. The average Bonchev–Trinajstić information content (AvgIpc) is 2.74. The smallest absolute Gasteiger partial charge is 0.232 e. The van der Waals surface area contributed by atoms with Crippen LogP contribution >= 0.6 is 22.9 Å². The standard InChI is InChI=1S/C7H7ClN4OS/c1-4-5(8)2-12(11-4)7-10-9-6(3-13)14-7/h2,13H,3H2,1H3. The molecule has 0 saturated heterocycles. The maximum absolute atomic E-state index is 8.81. The van der Waals surface area contributed by atoms with Crippen molar-refractivity contribution < 1.29 is 5.11 Å². The van der Waals surface area contributed by atoms with Gasteiger partial charge in [-0.1, -0.05) is 22.9 Å². The van der Waals surface area contributed by atoms with Crippen molar-refractivity contribution in [2.75, 3.05) is 0 Å². The van der Waals surface area contributed by atoms with Crippen LogP contribution in [0, 0.1) is 6.92 Å². The van der Waals surface area contributed by atoms with Gasteiger partial charge in [0.1, 0.15) is 5.01 Å². The molecular weight excluding hydrogens is 224 g/mol. The molecule has 0 saturated carbocycles. The first kappa shape index (κ1) is 9.57. The van der Waals surface area contributed by atoms with Crippen LogP contribution < -0.4 is 0 Å². The minimum atomic E-state index is -0.106. The van der Waals surface area contributed by atoms with E-state index in [0.717, 1.165) is 5.69 Å². The molecule has 7 heteroatoms. The third kappa shape index (κ3) is 1.63. The second-order valence-electron chi connectivity index (χ2n) is 2.64. The van der Waals surface area contributed by atoms with Crippen LogP contribution in [0.3, 0.4) is 0 Å². The van der Waals surface area contributed by atoms with E-state index in [0.29, 0.717) is 15.2 Å². The topological polar surface area (TPSA) is 63.8 Å². The van der Waals surface area contributed by atoms with E-state index < -0.39 is 0 Å². The van der Waals surface area contributed by atoms with Gasteiger partial charge in [-0.05, 0) is 6.92 Å². The molecule has 74 valence electrons. The minimum Gasteiger partial charge on any atom is -0.389 e. The minimum absolute atomic E-state index is 0.106. The van der Waals surface area contributed by atoms with Crippen molar-refractivity contribution in [1.29, 1.82) is 0 Å². The normalized spacial score (nSPS) is 10.8. The quantitative estimate of drug-likeness (QED) is 0.842. The van der Waals surface area contributed by atoms with Crippen LogP contribution in [0.4, 0.5) is 0 Å². The number of halogens is 1. The Labute approximate surface area is 89.0 Å². The molecule has 0 aliphatic rings. The van der Waals surface area contributed by atoms with Gasteiger partial charge in [0.2, 0.25) is 5.13 Å². The van der Waals surface area contributed by atoms with Crippen molar-refractivity contribution in [3.05, 3.63) is 21.9 Å². The van der Waals surface area contributed by atoms with E-state index in [1.807, 2.05) is 6.92 Å². The summed E-state index contributed by atoms with van der Waals surface area (Å²) in [5, 5.41) is 22.3. The second kappa shape index (κ2) is 3.64. The number of rotatable bonds is 2. The lowest BCUT2D eigenvalue weighted by Gasteiger charge is -1.89. The van der Waals surface area contributed by atoms with Crippen LogP contribution in [-0.4, -0.2) is 25.1 Å². The van der Waals surface area contributed by atoms with E-state index in [-0.39, 0.29) is 6.61 Å². The van der Waals surface area contributed by atoms with Gasteiger partial charge in [0.25, 0.3) is 0 Å². The highest BCUT2D eigenvalue weighted by Crippen LogP contribution is 2.18. The van der Waals surface area contributed by atoms with Crippen molar-refractivity contribution in [1.82, 2.24) is 20.0 Å². The Morgan fingerprint density at radius 2 is 2.36 bits per heavy atom. The number of aromatic nitrogens is 4. The summed E-state index contributed by atoms with van der Waals surface area (Å²) in [5.74, 6) is 0. The molecule has 0 bridgehead atoms. The predicted molar refractivity (Wildman–Crippen MR) is 52.7 cm³/mol. The van der Waals surface area contributed by atoms with E-state index in [1.165, 1.54) is 11.3 Å². The highest BCUT2D eigenvalue weighted by atomic mass is 35.5. The van der Waals surface area contributed by atoms with E-state index in [1.54, 1.807) is 10.9 Å². The summed E-state index contributed by atoms with van der Waals surface area (Å²) >= 11 is 7.12. The molecule has 0 fully saturated rings. The predicted octanol–water partition coefficient (Wildman–Crippen LogP) is 1.18. The molecule has 2 aromatic rings. The van der Waals surface area contributed by atoms with Crippen molar-refractivity contribution in [3.8, 4) is 5.13 Å². The number of hydrogen-bond acceptors (Lipinski definition) is 5. The Morgan fingerprint density at radius 3 is 2.86 bits per heavy atom. The lowest BCUT2D eigenvalue weighted by molar-refractivity contribution is 0.280. The first-order valence-electron chi connectivity index (χ1n) is 3.86. The lowest BCUT2D eigenvalue weighted by atomic mass is 10.5. The summed E-state index contributed by atoms with van der Waals surface area (Å²) < 4.78 is 1.55. The Kier molecular flexibility index (Phi) is 2.49. The summed E-state index contributed by atoms with van der Waals surface area (Å²) in [7, 11) is 0. The largest absolute Gasteiger partial charge is 0.389 e. The zero-order valence-electron chi connectivity index (χ0n) is 7.31. The first-order valence-corrected chi connectivity index (χ1v) is 5.05. The van der Waals surface area contributed by atoms with Crippen LogP contribution in [0.1, 0.15) is 10.7 Å². The molecule has 0 unspecified atom stereocenters. The highest BCUT2D eigenvalue weighted by molar-refractivity contribution is 7.13. The third-order valence-electron chi connectivity index (χ3n) is 1.63. The van der Waals surface area contributed by atoms with E-state index >= 15 is 0 Å². The van der Waals surface area contributed by atoms with Gasteiger partial charge in [-0.25, -0.2) is 4.68 Å². The Balaban J connectivity index is 2.39. The summed E-state index contributed by atoms with van der Waals surface area (Å²) in [6.07, 6.45) is 1.67. The third-order valence-corrected chi connectivity index (χ3v) is 2.90. The molecule has 5 nitrogen and oxygen atoms in total. The fourth-order valence-corrected chi connectivity index (χ4v) is 1.69. The van der Waals surface area contributed by atoms with Gasteiger partial charge < -0.3 is 5.11 Å². The van der Waals surface area contributed by atoms with Gasteiger partial charge in [-0.3, -0.25) is 0 Å². The molecule has 2 rings (SSSR count). The van der Waals surface area contributed by atoms with Crippen LogP contribution in [0.15, 0.2) is 6.20 Å². The molecule has 0 aromatic carbocycles. The van der Waals surface area contributed by atoms with Crippen LogP contribution in [0.5, 0.6) is 0 Å². The van der Waals surface area contributed by atoms with Crippen molar-refractivity contribution in [2.24, 2.45) is 0 Å². The van der Waals surface area contributed by atoms with Crippen molar-refractivity contribution in [2.45, 2.75) is 13.5 Å². The zero-order chi connectivity index (χ0) is 10.1. The van der Waals surface area contributed by atoms with Gasteiger partial charge >= 0.3 is 0 Å². The molecule has 0 spiro atoms. The molecule has 0 aliphatic carbocycles. The van der Waals surface area contributed by atoms with Crippen molar-refractivity contribution in [3.63, 3.8) is 0 Å². The summed E-state index contributed by atoms with van der Waals surface area (Å²) in [5.41, 5.74) is 0.743. The number of nitrogens with zero attached hydrogens (tertiary/aromatic N) is 4. The number of aliphatic hydroxyl groups excluding tert-OH is 1. The van der Waals surface area contributed by atoms with E-state index in [9.17, 15) is 0 Å². The fourth-order valence-electron chi connectivity index (χ4n) is 0.938. The molecule has 2 heterocycles. The van der Waals surface area contributed by atoms with Crippen LogP contribution in [0.2, 0.25) is 5.02 Å². The van der Waals surface area contributed by atoms with Gasteiger partial charge in [-0.15, -0.1) is 10.2 Å². The van der Waals surface area contributed by atoms with Gasteiger partial charge in [-0.2, -0.15) is 5.10 Å². The zero-order valence-corrected chi connectivity index (χ0v) is 8.88. The monoisotopic (exact) mass is 230 g/mol. The maximum atomic E-state index is 8.81. The highest BCUT2D eigenvalue weighted by Gasteiger charge is 2.08. The molecule has 1 N–H and O–H groups in total. The molecule has 0 amide bonds. The van der Waals surface area contributed by atoms with E-state index in [4.69, 9.17) is 16.7 Å². The van der Waals surface area contributed by atoms with E-state index in [2.05, 4.69) is 15.3 Å². The maximum Gasteiger partial charge on any atom is 0.232 e. The lowest BCUT2D eigenvalue weighted by Crippen LogP contribution is -1.93. The Bertz CT molecular complexity index is 433. The number of aryl methyl sites for hydroxylation is 1. The fraction of sp³-hybridized carbons (Fsp3) is 0.286. The first-order chi connectivity index (χ1) is 6.70. The van der Waals surface area contributed by atoms with Crippen LogP contribution in [-0.2, 0) is 6.61 Å². The average molecular weight is 231 g/mol.